The fraction of sp³-hybridized carbons (Fsp3) is 0.250. The van der Waals surface area contributed by atoms with Crippen LogP contribution < -0.4 is 4.90 Å². The summed E-state index contributed by atoms with van der Waals surface area (Å²) in [6.07, 6.45) is 0.151. The summed E-state index contributed by atoms with van der Waals surface area (Å²) in [7, 11) is 1.54. The van der Waals surface area contributed by atoms with Crippen LogP contribution in [0.15, 0.2) is 40.9 Å². The molecule has 3 aromatic rings. The van der Waals surface area contributed by atoms with E-state index in [0.717, 1.165) is 0 Å². The lowest BCUT2D eigenvalue weighted by atomic mass is 10.1. The fourth-order valence-corrected chi connectivity index (χ4v) is 3.05. The number of halogens is 1. The number of carbonyl (C=O) groups is 2. The summed E-state index contributed by atoms with van der Waals surface area (Å²) in [6, 6.07) is 7.79. The Labute approximate surface area is 171 Å². The van der Waals surface area contributed by atoms with E-state index < -0.39 is 18.1 Å². The number of hydrogen-bond acceptors (Lipinski definition) is 7. The number of hydrogen-bond donors (Lipinski definition) is 0. The molecule has 4 rings (SSSR count). The number of pyridine rings is 1. The molecule has 1 fully saturated rings. The number of likely N-dealkylation sites (N-methyl/N-ethyl adjacent to an activating group) is 1. The van der Waals surface area contributed by atoms with Crippen molar-refractivity contribution in [3.63, 3.8) is 0 Å². The van der Waals surface area contributed by atoms with Crippen LogP contribution in [0.1, 0.15) is 12.8 Å². The molecule has 154 valence electrons. The summed E-state index contributed by atoms with van der Waals surface area (Å²) >= 11 is 0. The van der Waals surface area contributed by atoms with E-state index in [1.54, 1.807) is 38.2 Å². The second-order valence-corrected chi connectivity index (χ2v) is 6.80. The minimum atomic E-state index is -0.720. The number of carbonyl (C=O) groups excluding carboxylic acids is 2. The quantitative estimate of drug-likeness (QED) is 0.650. The van der Waals surface area contributed by atoms with E-state index in [1.807, 2.05) is 0 Å². The predicted molar refractivity (Wildman–Crippen MR) is 104 cm³/mol. The Morgan fingerprint density at radius 2 is 2.07 bits per heavy atom. The first-order valence-corrected chi connectivity index (χ1v) is 9.11. The molecule has 3 heterocycles. The highest BCUT2D eigenvalue weighted by molar-refractivity contribution is 5.90. The van der Waals surface area contributed by atoms with Gasteiger partial charge in [0, 0.05) is 38.2 Å². The predicted octanol–water partition coefficient (Wildman–Crippen LogP) is 3.01. The molecule has 0 saturated carbocycles. The second kappa shape index (κ2) is 7.54. The third-order valence-corrected chi connectivity index (χ3v) is 4.81. The van der Waals surface area contributed by atoms with Crippen LogP contribution in [0.2, 0.25) is 0 Å². The maximum atomic E-state index is 14.8. The Morgan fingerprint density at radius 3 is 2.67 bits per heavy atom. The van der Waals surface area contributed by atoms with Gasteiger partial charge in [0.1, 0.15) is 11.5 Å². The molecule has 9 nitrogen and oxygen atoms in total. The topological polar surface area (TPSA) is 102 Å². The van der Waals surface area contributed by atoms with Gasteiger partial charge in [-0.3, -0.25) is 14.7 Å². The number of anilines is 1. The molecule has 0 aliphatic carbocycles. The zero-order valence-electron chi connectivity index (χ0n) is 16.5. The standard InChI is InChI=1S/C20H18FN5O4/c1-11-23-24-19(29-11)17-7-4-13(9-22-17)15-6-5-14(8-16(15)21)26-10-18(30-20(26)28)25(3)12(2)27/h4-9,18H,10H2,1-3H3/t18-/m0/s1. The summed E-state index contributed by atoms with van der Waals surface area (Å²) in [6.45, 7) is 3.18. The SMILES string of the molecule is CC(=O)N(C)[C@@H]1CN(c2ccc(-c3ccc(-c4nnc(C)o4)nc3)c(F)c2)C(=O)O1. The van der Waals surface area contributed by atoms with Crippen molar-refractivity contribution in [2.24, 2.45) is 0 Å². The lowest BCUT2D eigenvalue weighted by molar-refractivity contribution is -0.134. The van der Waals surface area contributed by atoms with Gasteiger partial charge < -0.3 is 14.1 Å². The van der Waals surface area contributed by atoms with Crippen molar-refractivity contribution in [2.45, 2.75) is 20.1 Å². The van der Waals surface area contributed by atoms with E-state index in [1.165, 1.54) is 29.0 Å². The zero-order valence-corrected chi connectivity index (χ0v) is 16.5. The smallest absolute Gasteiger partial charge is 0.416 e. The highest BCUT2D eigenvalue weighted by Crippen LogP contribution is 2.30. The lowest BCUT2D eigenvalue weighted by Crippen LogP contribution is -2.38. The molecule has 0 spiro atoms. The first-order valence-electron chi connectivity index (χ1n) is 9.11. The van der Waals surface area contributed by atoms with E-state index in [9.17, 15) is 14.0 Å². The summed E-state index contributed by atoms with van der Waals surface area (Å²) in [5, 5.41) is 7.66. The van der Waals surface area contributed by atoms with Crippen LogP contribution in [-0.2, 0) is 9.53 Å². The van der Waals surface area contributed by atoms with E-state index >= 15 is 0 Å². The largest absolute Gasteiger partial charge is 0.423 e. The van der Waals surface area contributed by atoms with Crippen LogP contribution in [-0.4, -0.2) is 51.9 Å². The summed E-state index contributed by atoms with van der Waals surface area (Å²) in [5.41, 5.74) is 1.70. The van der Waals surface area contributed by atoms with Crippen LogP contribution in [0.5, 0.6) is 0 Å². The third kappa shape index (κ3) is 3.59. The van der Waals surface area contributed by atoms with Crippen LogP contribution >= 0.6 is 0 Å². The van der Waals surface area contributed by atoms with E-state index in [2.05, 4.69) is 15.2 Å². The number of benzene rings is 1. The van der Waals surface area contributed by atoms with Gasteiger partial charge in [0.05, 0.1) is 12.2 Å². The van der Waals surface area contributed by atoms with Crippen molar-refractivity contribution >= 4 is 17.7 Å². The van der Waals surface area contributed by atoms with E-state index in [0.29, 0.717) is 28.4 Å². The molecule has 1 atom stereocenters. The highest BCUT2D eigenvalue weighted by Gasteiger charge is 2.36. The molecule has 0 N–H and O–H groups in total. The number of rotatable bonds is 4. The average Bonchev–Trinajstić information content (AvgIpc) is 3.33. The Kier molecular flexibility index (Phi) is 4.90. The molecule has 2 aromatic heterocycles. The maximum Gasteiger partial charge on any atom is 0.416 e. The van der Waals surface area contributed by atoms with Crippen LogP contribution in [0, 0.1) is 12.7 Å². The van der Waals surface area contributed by atoms with Gasteiger partial charge in [-0.15, -0.1) is 10.2 Å². The molecule has 30 heavy (non-hydrogen) atoms. The van der Waals surface area contributed by atoms with Crippen molar-refractivity contribution in [1.29, 1.82) is 0 Å². The third-order valence-electron chi connectivity index (χ3n) is 4.81. The molecule has 2 amide bonds. The van der Waals surface area contributed by atoms with Gasteiger partial charge >= 0.3 is 6.09 Å². The summed E-state index contributed by atoms with van der Waals surface area (Å²) < 4.78 is 25.3. The summed E-state index contributed by atoms with van der Waals surface area (Å²) in [4.78, 5) is 30.5. The molecule has 0 bridgehead atoms. The van der Waals surface area contributed by atoms with Crippen LogP contribution in [0.3, 0.4) is 0 Å². The highest BCUT2D eigenvalue weighted by atomic mass is 19.1. The lowest BCUT2D eigenvalue weighted by Gasteiger charge is -2.20. The average molecular weight is 411 g/mol. The number of cyclic esters (lactones) is 1. The van der Waals surface area contributed by atoms with Gasteiger partial charge in [-0.05, 0) is 24.3 Å². The first kappa shape index (κ1) is 19.5. The Bertz CT molecular complexity index is 1110. The van der Waals surface area contributed by atoms with Gasteiger partial charge in [0.25, 0.3) is 5.89 Å². The monoisotopic (exact) mass is 411 g/mol. The van der Waals surface area contributed by atoms with Gasteiger partial charge in [-0.25, -0.2) is 9.18 Å². The van der Waals surface area contributed by atoms with Gasteiger partial charge in [-0.2, -0.15) is 0 Å². The first-order chi connectivity index (χ1) is 14.3. The number of aryl methyl sites for hydroxylation is 1. The Balaban J connectivity index is 1.55. The van der Waals surface area contributed by atoms with E-state index in [4.69, 9.17) is 9.15 Å². The molecular weight excluding hydrogens is 393 g/mol. The molecule has 1 saturated heterocycles. The second-order valence-electron chi connectivity index (χ2n) is 6.80. The minimum Gasteiger partial charge on any atom is -0.423 e. The molecule has 0 unspecified atom stereocenters. The van der Waals surface area contributed by atoms with Crippen molar-refractivity contribution in [2.75, 3.05) is 18.5 Å². The zero-order chi connectivity index (χ0) is 21.4. The van der Waals surface area contributed by atoms with Crippen LogP contribution in [0.25, 0.3) is 22.7 Å². The van der Waals surface area contributed by atoms with Crippen molar-refractivity contribution in [1.82, 2.24) is 20.1 Å². The normalized spacial score (nSPS) is 15.9. The van der Waals surface area contributed by atoms with Gasteiger partial charge in [-0.1, -0.05) is 6.07 Å². The van der Waals surface area contributed by atoms with Crippen LogP contribution in [0.4, 0.5) is 14.9 Å². The number of nitrogens with zero attached hydrogens (tertiary/aromatic N) is 5. The Morgan fingerprint density at radius 1 is 1.27 bits per heavy atom. The molecule has 0 radical (unpaired) electrons. The van der Waals surface area contributed by atoms with E-state index in [-0.39, 0.29) is 18.3 Å². The number of aromatic nitrogens is 3. The Hall–Kier alpha value is -3.82. The number of amides is 2. The molecule has 1 aliphatic heterocycles. The van der Waals surface area contributed by atoms with Crippen molar-refractivity contribution in [3.05, 3.63) is 48.2 Å². The number of ether oxygens (including phenoxy) is 1. The maximum absolute atomic E-state index is 14.8. The van der Waals surface area contributed by atoms with Gasteiger partial charge in [0.15, 0.2) is 6.23 Å². The molecule has 1 aromatic carbocycles. The molecule has 1 aliphatic rings. The van der Waals surface area contributed by atoms with Gasteiger partial charge in [0.2, 0.25) is 11.8 Å². The van der Waals surface area contributed by atoms with Crippen molar-refractivity contribution < 1.29 is 23.1 Å². The molecular formula is C20H18FN5O4. The summed E-state index contributed by atoms with van der Waals surface area (Å²) in [5.74, 6) is -0.0446. The minimum absolute atomic E-state index is 0.119. The molecule has 10 heteroatoms. The van der Waals surface area contributed by atoms with Crippen molar-refractivity contribution in [3.8, 4) is 22.7 Å². The fourth-order valence-electron chi connectivity index (χ4n) is 3.05.